The van der Waals surface area contributed by atoms with Gasteiger partial charge in [0.15, 0.2) is 18.5 Å². The highest BCUT2D eigenvalue weighted by Gasteiger charge is 2.23. The molecule has 0 fully saturated rings. The first-order valence-electron chi connectivity index (χ1n) is 10.3. The molecule has 1 atom stereocenters. The van der Waals surface area contributed by atoms with Crippen LogP contribution in [0.5, 0.6) is 0 Å². The average Bonchev–Trinajstić information content (AvgIpc) is 3.30. The third-order valence-corrected chi connectivity index (χ3v) is 4.62. The van der Waals surface area contributed by atoms with Crippen molar-refractivity contribution >= 4 is 17.7 Å². The Bertz CT molecular complexity index is 942. The average molecular weight is 441 g/mol. The van der Waals surface area contributed by atoms with E-state index >= 15 is 0 Å². The summed E-state index contributed by atoms with van der Waals surface area (Å²) in [6.07, 6.45) is -0.175. The molecular weight excluding hydrogens is 414 g/mol. The van der Waals surface area contributed by atoms with Gasteiger partial charge in [-0.2, -0.15) is 0 Å². The molecular formula is C24H27NO7. The van der Waals surface area contributed by atoms with Crippen LogP contribution in [0.3, 0.4) is 0 Å². The molecule has 8 heteroatoms. The number of benzene rings is 2. The van der Waals surface area contributed by atoms with Crippen molar-refractivity contribution in [3.8, 4) is 0 Å². The van der Waals surface area contributed by atoms with Crippen molar-refractivity contribution in [3.63, 3.8) is 0 Å². The maximum Gasteiger partial charge on any atom is 0.415 e. The number of rotatable bonds is 10. The fourth-order valence-electron chi connectivity index (χ4n) is 3.17. The van der Waals surface area contributed by atoms with Crippen LogP contribution in [0.25, 0.3) is 0 Å². The van der Waals surface area contributed by atoms with Crippen molar-refractivity contribution in [2.75, 3.05) is 18.3 Å². The van der Waals surface area contributed by atoms with E-state index in [9.17, 15) is 14.7 Å². The molecule has 2 aromatic carbocycles. The molecule has 0 aromatic heterocycles. The van der Waals surface area contributed by atoms with Gasteiger partial charge in [0, 0.05) is 12.1 Å². The third-order valence-electron chi connectivity index (χ3n) is 4.62. The second kappa shape index (κ2) is 11.2. The monoisotopic (exact) mass is 441 g/mol. The fraction of sp³-hybridized carbons (Fsp3) is 0.333. The van der Waals surface area contributed by atoms with Crippen LogP contribution in [-0.2, 0) is 36.7 Å². The fourth-order valence-corrected chi connectivity index (χ4v) is 3.17. The summed E-state index contributed by atoms with van der Waals surface area (Å²) in [5.41, 5.74) is 2.24. The van der Waals surface area contributed by atoms with Crippen LogP contribution in [0.1, 0.15) is 25.0 Å². The van der Waals surface area contributed by atoms with Gasteiger partial charge >= 0.3 is 12.1 Å². The van der Waals surface area contributed by atoms with Crippen molar-refractivity contribution in [1.82, 2.24) is 0 Å². The van der Waals surface area contributed by atoms with Crippen LogP contribution in [0, 0.1) is 0 Å². The summed E-state index contributed by atoms with van der Waals surface area (Å²) in [6.45, 7) is 3.92. The number of amides is 1. The van der Waals surface area contributed by atoms with Gasteiger partial charge in [-0.05, 0) is 37.1 Å². The molecule has 0 radical (unpaired) electrons. The van der Waals surface area contributed by atoms with Gasteiger partial charge in [0.25, 0.3) is 0 Å². The summed E-state index contributed by atoms with van der Waals surface area (Å²) in [6, 6.07) is 16.7. The highest BCUT2D eigenvalue weighted by atomic mass is 16.7. The number of carboxylic acids is 1. The van der Waals surface area contributed by atoms with Crippen molar-refractivity contribution < 1.29 is 33.6 Å². The molecule has 1 heterocycles. The molecule has 1 unspecified atom stereocenters. The van der Waals surface area contributed by atoms with E-state index in [2.05, 4.69) is 0 Å². The Balaban J connectivity index is 1.80. The van der Waals surface area contributed by atoms with Gasteiger partial charge in [-0.3, -0.25) is 4.90 Å². The largest absolute Gasteiger partial charge is 0.479 e. The standard InChI is InChI=1S/C24H27NO7/c1-17(2)32-22(23(26)27)12-19-9-6-10-20(11-19)25(13-18-7-4-3-5-8-18)24(28)30-15-21-14-29-16-31-21/h3-11,14,17,22H,12-13,15-16H2,1-2H3,(H,26,27). The number of aliphatic carboxylic acids is 1. The number of ether oxygens (including phenoxy) is 4. The summed E-state index contributed by atoms with van der Waals surface area (Å²) in [5, 5.41) is 9.48. The van der Waals surface area contributed by atoms with Crippen LogP contribution < -0.4 is 4.90 Å². The summed E-state index contributed by atoms with van der Waals surface area (Å²) < 4.78 is 21.1. The van der Waals surface area contributed by atoms with Gasteiger partial charge in [-0.15, -0.1) is 0 Å². The Kier molecular flexibility index (Phi) is 8.10. The summed E-state index contributed by atoms with van der Waals surface area (Å²) in [7, 11) is 0. The zero-order chi connectivity index (χ0) is 22.9. The van der Waals surface area contributed by atoms with Crippen molar-refractivity contribution in [3.05, 3.63) is 77.7 Å². The molecule has 1 aliphatic heterocycles. The lowest BCUT2D eigenvalue weighted by Gasteiger charge is -2.23. The molecule has 1 aliphatic rings. The molecule has 1 N–H and O–H groups in total. The first kappa shape index (κ1) is 23.1. The van der Waals surface area contributed by atoms with E-state index in [0.717, 1.165) is 11.1 Å². The Morgan fingerprint density at radius 3 is 2.50 bits per heavy atom. The smallest absolute Gasteiger partial charge is 0.415 e. The minimum absolute atomic E-state index is 0.0485. The van der Waals surface area contributed by atoms with Gasteiger partial charge in [-0.25, -0.2) is 9.59 Å². The first-order chi connectivity index (χ1) is 15.4. The predicted molar refractivity (Wildman–Crippen MR) is 117 cm³/mol. The molecule has 1 amide bonds. The number of carbonyl (C=O) groups excluding carboxylic acids is 1. The number of nitrogens with zero attached hydrogens (tertiary/aromatic N) is 1. The Labute approximate surface area is 187 Å². The van der Waals surface area contributed by atoms with Crippen LogP contribution in [0.15, 0.2) is 66.6 Å². The van der Waals surface area contributed by atoms with Crippen LogP contribution in [0.4, 0.5) is 10.5 Å². The minimum atomic E-state index is -1.03. The van der Waals surface area contributed by atoms with Crippen LogP contribution in [0.2, 0.25) is 0 Å². The summed E-state index contributed by atoms with van der Waals surface area (Å²) in [5.74, 6) is -0.599. The second-order valence-corrected chi connectivity index (χ2v) is 7.53. The summed E-state index contributed by atoms with van der Waals surface area (Å²) >= 11 is 0. The molecule has 0 spiro atoms. The maximum absolute atomic E-state index is 13.0. The molecule has 0 saturated carbocycles. The summed E-state index contributed by atoms with van der Waals surface area (Å²) in [4.78, 5) is 26.0. The third kappa shape index (κ3) is 6.75. The van der Waals surface area contributed by atoms with E-state index in [0.29, 0.717) is 11.4 Å². The Hall–Kier alpha value is -3.52. The number of anilines is 1. The predicted octanol–water partition coefficient (Wildman–Crippen LogP) is 4.10. The lowest BCUT2D eigenvalue weighted by molar-refractivity contribution is -0.153. The van der Waals surface area contributed by atoms with Crippen molar-refractivity contribution in [1.29, 1.82) is 0 Å². The van der Waals surface area contributed by atoms with Crippen molar-refractivity contribution in [2.24, 2.45) is 0 Å². The van der Waals surface area contributed by atoms with Gasteiger partial charge in [0.1, 0.15) is 6.26 Å². The van der Waals surface area contributed by atoms with Crippen LogP contribution >= 0.6 is 0 Å². The molecule has 32 heavy (non-hydrogen) atoms. The van der Waals surface area contributed by atoms with Gasteiger partial charge in [-0.1, -0.05) is 42.5 Å². The van der Waals surface area contributed by atoms with E-state index in [1.807, 2.05) is 36.4 Å². The quantitative estimate of drug-likeness (QED) is 0.593. The highest BCUT2D eigenvalue weighted by molar-refractivity contribution is 5.87. The number of carbonyl (C=O) groups is 2. The molecule has 3 rings (SSSR count). The number of hydrogen-bond acceptors (Lipinski definition) is 6. The van der Waals surface area contributed by atoms with Gasteiger partial charge in [0.2, 0.25) is 6.79 Å². The normalized spacial score (nSPS) is 13.7. The van der Waals surface area contributed by atoms with Crippen LogP contribution in [-0.4, -0.2) is 42.8 Å². The van der Waals surface area contributed by atoms with E-state index < -0.39 is 18.2 Å². The molecule has 0 bridgehead atoms. The Morgan fingerprint density at radius 2 is 1.84 bits per heavy atom. The van der Waals surface area contributed by atoms with E-state index in [-0.39, 0.29) is 32.5 Å². The highest BCUT2D eigenvalue weighted by Crippen LogP contribution is 2.22. The van der Waals surface area contributed by atoms with E-state index in [1.54, 1.807) is 32.0 Å². The van der Waals surface area contributed by atoms with E-state index in [1.165, 1.54) is 11.2 Å². The van der Waals surface area contributed by atoms with Crippen molar-refractivity contribution in [2.45, 2.75) is 39.0 Å². The number of carboxylic acid groups (broad SMARTS) is 1. The lowest BCUT2D eigenvalue weighted by Crippen LogP contribution is -2.32. The topological polar surface area (TPSA) is 94.5 Å². The Morgan fingerprint density at radius 1 is 1.09 bits per heavy atom. The van der Waals surface area contributed by atoms with Gasteiger partial charge < -0.3 is 24.1 Å². The second-order valence-electron chi connectivity index (χ2n) is 7.53. The molecule has 170 valence electrons. The molecule has 8 nitrogen and oxygen atoms in total. The van der Waals surface area contributed by atoms with E-state index in [4.69, 9.17) is 18.9 Å². The zero-order valence-electron chi connectivity index (χ0n) is 18.1. The molecule has 0 saturated heterocycles. The SMILES string of the molecule is CC(C)OC(Cc1cccc(N(Cc2ccccc2)C(=O)OCC2=COCO2)c1)C(=O)O. The first-order valence-corrected chi connectivity index (χ1v) is 10.3. The van der Waals surface area contributed by atoms with Gasteiger partial charge in [0.05, 0.1) is 12.6 Å². The number of hydrogen-bond donors (Lipinski definition) is 1. The lowest BCUT2D eigenvalue weighted by atomic mass is 10.1. The zero-order valence-corrected chi connectivity index (χ0v) is 18.1. The molecule has 2 aromatic rings. The molecule has 0 aliphatic carbocycles. The minimum Gasteiger partial charge on any atom is -0.479 e. The maximum atomic E-state index is 13.0.